The van der Waals surface area contributed by atoms with Crippen LogP contribution in [0.1, 0.15) is 31.6 Å². The van der Waals surface area contributed by atoms with Crippen LogP contribution < -0.4 is 10.7 Å². The van der Waals surface area contributed by atoms with Crippen LogP contribution in [0, 0.1) is 0 Å². The Hall–Kier alpha value is -2.77. The number of hydrogen-bond donors (Lipinski definition) is 2. The molecule has 2 aromatic rings. The van der Waals surface area contributed by atoms with Gasteiger partial charge in [0.15, 0.2) is 11.5 Å². The summed E-state index contributed by atoms with van der Waals surface area (Å²) in [5.74, 6) is 0.151. The van der Waals surface area contributed by atoms with Gasteiger partial charge in [-0.2, -0.15) is 5.10 Å². The molecule has 2 N–H and O–H groups in total. The molecule has 108 valence electrons. The summed E-state index contributed by atoms with van der Waals surface area (Å²) in [4.78, 5) is 23.1. The fourth-order valence-electron chi connectivity index (χ4n) is 2.14. The van der Waals surface area contributed by atoms with Crippen molar-refractivity contribution in [3.05, 3.63) is 30.2 Å². The molecule has 0 bridgehead atoms. The van der Waals surface area contributed by atoms with E-state index in [-0.39, 0.29) is 24.3 Å². The molecule has 0 fully saturated rings. The van der Waals surface area contributed by atoms with Gasteiger partial charge in [0.1, 0.15) is 5.71 Å². The summed E-state index contributed by atoms with van der Waals surface area (Å²) in [7, 11) is 0. The minimum Gasteiger partial charge on any atom is -0.341 e. The molecular weight excluding hydrogens is 272 g/mol. The van der Waals surface area contributed by atoms with Gasteiger partial charge in [-0.1, -0.05) is 6.07 Å². The quantitative estimate of drug-likeness (QED) is 0.840. The van der Waals surface area contributed by atoms with Crippen molar-refractivity contribution in [2.45, 2.75) is 25.8 Å². The smallest absolute Gasteiger partial charge is 0.268 e. The second-order valence-corrected chi connectivity index (χ2v) is 4.78. The minimum absolute atomic E-state index is 0.178. The molecule has 8 nitrogen and oxygen atoms in total. The standard InChI is InChI=1S/C13H14N6O2/c1-8(12-18-16-10-4-2-3-7-19(10)12)14-13(21)9-5-6-11(20)17-15-9/h2-4,7-8H,5-6H2,1H3,(H,14,21)(H,17,20). The summed E-state index contributed by atoms with van der Waals surface area (Å²) in [6.45, 7) is 1.82. The van der Waals surface area contributed by atoms with Gasteiger partial charge in [-0.3, -0.25) is 14.0 Å². The summed E-state index contributed by atoms with van der Waals surface area (Å²) in [5, 5.41) is 14.7. The zero-order valence-corrected chi connectivity index (χ0v) is 11.4. The Balaban J connectivity index is 1.75. The molecule has 8 heteroatoms. The molecule has 2 aromatic heterocycles. The van der Waals surface area contributed by atoms with Gasteiger partial charge in [-0.05, 0) is 19.1 Å². The molecule has 2 amide bonds. The second-order valence-electron chi connectivity index (χ2n) is 4.78. The van der Waals surface area contributed by atoms with E-state index in [1.54, 1.807) is 0 Å². The van der Waals surface area contributed by atoms with E-state index in [0.717, 1.165) is 5.65 Å². The zero-order valence-electron chi connectivity index (χ0n) is 11.4. The van der Waals surface area contributed by atoms with E-state index < -0.39 is 0 Å². The highest BCUT2D eigenvalue weighted by molar-refractivity contribution is 6.39. The highest BCUT2D eigenvalue weighted by atomic mass is 16.2. The van der Waals surface area contributed by atoms with E-state index in [4.69, 9.17) is 0 Å². The Morgan fingerprint density at radius 1 is 1.38 bits per heavy atom. The number of amides is 2. The van der Waals surface area contributed by atoms with Crippen LogP contribution in [0.25, 0.3) is 5.65 Å². The van der Waals surface area contributed by atoms with Gasteiger partial charge in [0.2, 0.25) is 5.91 Å². The second kappa shape index (κ2) is 5.31. The molecule has 0 spiro atoms. The highest BCUT2D eigenvalue weighted by Gasteiger charge is 2.22. The Kier molecular flexibility index (Phi) is 3.35. The Morgan fingerprint density at radius 2 is 2.24 bits per heavy atom. The number of hydrogen-bond acceptors (Lipinski definition) is 5. The normalized spacial score (nSPS) is 16.2. The molecule has 3 rings (SSSR count). The van der Waals surface area contributed by atoms with E-state index in [0.29, 0.717) is 18.0 Å². The average Bonchev–Trinajstić information content (AvgIpc) is 2.92. The third kappa shape index (κ3) is 2.60. The van der Waals surface area contributed by atoms with Crippen LogP contribution in [0.5, 0.6) is 0 Å². The molecule has 1 atom stereocenters. The fourth-order valence-corrected chi connectivity index (χ4v) is 2.14. The number of aromatic nitrogens is 3. The number of nitrogens with one attached hydrogen (secondary N) is 2. The third-order valence-electron chi connectivity index (χ3n) is 3.24. The number of pyridine rings is 1. The molecule has 1 aliphatic rings. The van der Waals surface area contributed by atoms with Crippen LogP contribution in [0.15, 0.2) is 29.5 Å². The lowest BCUT2D eigenvalue weighted by atomic mass is 10.1. The first-order valence-corrected chi connectivity index (χ1v) is 6.61. The van der Waals surface area contributed by atoms with Crippen molar-refractivity contribution >= 4 is 23.2 Å². The van der Waals surface area contributed by atoms with Gasteiger partial charge in [-0.15, -0.1) is 10.2 Å². The van der Waals surface area contributed by atoms with Crippen LogP contribution in [-0.2, 0) is 9.59 Å². The van der Waals surface area contributed by atoms with Gasteiger partial charge < -0.3 is 5.32 Å². The summed E-state index contributed by atoms with van der Waals surface area (Å²) in [6, 6.07) is 5.26. The summed E-state index contributed by atoms with van der Waals surface area (Å²) >= 11 is 0. The maximum atomic E-state index is 12.1. The molecule has 0 aliphatic carbocycles. The average molecular weight is 286 g/mol. The van der Waals surface area contributed by atoms with Crippen LogP contribution in [-0.4, -0.2) is 32.1 Å². The number of carbonyl (C=O) groups excluding carboxylic acids is 2. The lowest BCUT2D eigenvalue weighted by Gasteiger charge is -2.15. The SMILES string of the molecule is CC(NC(=O)C1=NNC(=O)CC1)c1nnc2ccccn12. The Labute approximate surface area is 120 Å². The summed E-state index contributed by atoms with van der Waals surface area (Å²) < 4.78 is 1.81. The van der Waals surface area contributed by atoms with Crippen LogP contribution in [0.4, 0.5) is 0 Å². The van der Waals surface area contributed by atoms with E-state index in [1.807, 2.05) is 35.7 Å². The molecule has 3 heterocycles. The van der Waals surface area contributed by atoms with Crippen molar-refractivity contribution in [3.8, 4) is 0 Å². The van der Waals surface area contributed by atoms with Gasteiger partial charge in [0.25, 0.3) is 5.91 Å². The van der Waals surface area contributed by atoms with E-state index in [2.05, 4.69) is 26.0 Å². The van der Waals surface area contributed by atoms with Gasteiger partial charge in [0, 0.05) is 19.0 Å². The first-order valence-electron chi connectivity index (χ1n) is 6.61. The van der Waals surface area contributed by atoms with Crippen molar-refractivity contribution in [1.29, 1.82) is 0 Å². The fraction of sp³-hybridized carbons (Fsp3) is 0.308. The lowest BCUT2D eigenvalue weighted by Crippen LogP contribution is -2.38. The van der Waals surface area contributed by atoms with Crippen molar-refractivity contribution in [3.63, 3.8) is 0 Å². The molecule has 0 saturated heterocycles. The summed E-state index contributed by atoms with van der Waals surface area (Å²) in [5.41, 5.74) is 3.34. The van der Waals surface area contributed by atoms with Crippen LogP contribution >= 0.6 is 0 Å². The molecule has 21 heavy (non-hydrogen) atoms. The maximum absolute atomic E-state index is 12.1. The highest BCUT2D eigenvalue weighted by Crippen LogP contribution is 2.12. The first kappa shape index (κ1) is 13.2. The van der Waals surface area contributed by atoms with Crippen LogP contribution in [0.2, 0.25) is 0 Å². The number of nitrogens with zero attached hydrogens (tertiary/aromatic N) is 4. The minimum atomic E-state index is -0.324. The topological polar surface area (TPSA) is 101 Å². The number of fused-ring (bicyclic) bond motifs is 1. The first-order chi connectivity index (χ1) is 10.1. The Bertz CT molecular complexity index is 735. The monoisotopic (exact) mass is 286 g/mol. The van der Waals surface area contributed by atoms with Gasteiger partial charge in [-0.25, -0.2) is 5.43 Å². The lowest BCUT2D eigenvalue weighted by molar-refractivity contribution is -0.121. The molecule has 0 aromatic carbocycles. The summed E-state index contributed by atoms with van der Waals surface area (Å²) in [6.07, 6.45) is 2.45. The zero-order chi connectivity index (χ0) is 14.8. The Morgan fingerprint density at radius 3 is 3.00 bits per heavy atom. The predicted octanol–water partition coefficient (Wildman–Crippen LogP) is 0.172. The van der Waals surface area contributed by atoms with Crippen LogP contribution in [0.3, 0.4) is 0 Å². The maximum Gasteiger partial charge on any atom is 0.268 e. The molecule has 1 unspecified atom stereocenters. The molecule has 0 saturated carbocycles. The number of carbonyl (C=O) groups is 2. The van der Waals surface area contributed by atoms with E-state index >= 15 is 0 Å². The van der Waals surface area contributed by atoms with Crippen molar-refractivity contribution < 1.29 is 9.59 Å². The van der Waals surface area contributed by atoms with Crippen molar-refractivity contribution in [2.24, 2.45) is 5.10 Å². The number of rotatable bonds is 3. The molecule has 1 aliphatic heterocycles. The van der Waals surface area contributed by atoms with Crippen molar-refractivity contribution in [2.75, 3.05) is 0 Å². The largest absolute Gasteiger partial charge is 0.341 e. The van der Waals surface area contributed by atoms with E-state index in [9.17, 15) is 9.59 Å². The van der Waals surface area contributed by atoms with Gasteiger partial charge in [0.05, 0.1) is 6.04 Å². The van der Waals surface area contributed by atoms with Crippen molar-refractivity contribution in [1.82, 2.24) is 25.3 Å². The molecular formula is C13H14N6O2. The van der Waals surface area contributed by atoms with Gasteiger partial charge >= 0.3 is 0 Å². The van der Waals surface area contributed by atoms with E-state index in [1.165, 1.54) is 0 Å². The molecule has 0 radical (unpaired) electrons. The number of hydrazone groups is 1. The predicted molar refractivity (Wildman–Crippen MR) is 74.4 cm³/mol. The third-order valence-corrected chi connectivity index (χ3v) is 3.24.